The average Bonchev–Trinajstić information content (AvgIpc) is 3.77. The summed E-state index contributed by atoms with van der Waals surface area (Å²) in [7, 11) is 0. The number of hydrogen-bond donors (Lipinski definition) is 1. The molecule has 2 aromatic heterocycles. The first-order chi connectivity index (χ1) is 24.8. The van der Waals surface area contributed by atoms with Gasteiger partial charge in [-0.05, 0) is 58.1 Å². The highest BCUT2D eigenvalue weighted by Crippen LogP contribution is 2.40. The molecule has 0 radical (unpaired) electrons. The Morgan fingerprint density at radius 2 is 1.02 bits per heavy atom. The van der Waals surface area contributed by atoms with E-state index in [4.69, 9.17) is 18.8 Å². The number of aliphatic imine (C=N–C) groups is 2. The standard InChI is InChI=1S/C45H29N3O2/c1-3-11-28(12-4-1)29-21-23-31(24-22-29)44-46-43(30-13-5-2-6-14-30)47-45(48-44)36-17-10-20-39-42(36)35-26-25-32(27-40(35)50-39)33-16-9-19-38-41(33)34-15-7-8-18-37(34)49-38/h1-27,44H,(H,46,47,48). The molecule has 5 nitrogen and oxygen atoms in total. The van der Waals surface area contributed by atoms with Gasteiger partial charge >= 0.3 is 0 Å². The number of nitrogens with one attached hydrogen (secondary N) is 1. The largest absolute Gasteiger partial charge is 0.456 e. The molecule has 10 rings (SSSR count). The van der Waals surface area contributed by atoms with Crippen molar-refractivity contribution < 1.29 is 8.83 Å². The molecule has 1 unspecified atom stereocenters. The van der Waals surface area contributed by atoms with Gasteiger partial charge in [-0.3, -0.25) is 0 Å². The van der Waals surface area contributed by atoms with Crippen molar-refractivity contribution in [3.63, 3.8) is 0 Å². The molecule has 1 aliphatic heterocycles. The Hall–Kier alpha value is -6.72. The van der Waals surface area contributed by atoms with Gasteiger partial charge in [-0.25, -0.2) is 9.98 Å². The summed E-state index contributed by atoms with van der Waals surface area (Å²) in [6.07, 6.45) is -0.326. The van der Waals surface area contributed by atoms with Crippen molar-refractivity contribution in [2.24, 2.45) is 9.98 Å². The molecule has 0 fully saturated rings. The Balaban J connectivity index is 1.10. The van der Waals surface area contributed by atoms with Crippen LogP contribution in [-0.4, -0.2) is 11.7 Å². The molecule has 50 heavy (non-hydrogen) atoms. The zero-order valence-corrected chi connectivity index (χ0v) is 26.9. The van der Waals surface area contributed by atoms with Crippen LogP contribution in [0.3, 0.4) is 0 Å². The van der Waals surface area contributed by atoms with Crippen LogP contribution in [0.4, 0.5) is 0 Å². The summed E-state index contributed by atoms with van der Waals surface area (Å²) in [5.74, 6) is 1.44. The lowest BCUT2D eigenvalue weighted by Crippen LogP contribution is -2.33. The Labute approximate surface area is 287 Å². The highest BCUT2D eigenvalue weighted by Gasteiger charge is 2.24. The molecule has 9 aromatic rings. The summed E-state index contributed by atoms with van der Waals surface area (Å²) in [4.78, 5) is 10.4. The Bertz CT molecular complexity index is 2770. The van der Waals surface area contributed by atoms with Crippen LogP contribution in [-0.2, 0) is 0 Å². The third kappa shape index (κ3) is 4.71. The molecule has 1 aliphatic rings. The third-order valence-electron chi connectivity index (χ3n) is 9.57. The monoisotopic (exact) mass is 643 g/mol. The van der Waals surface area contributed by atoms with Gasteiger partial charge in [-0.1, -0.05) is 133 Å². The van der Waals surface area contributed by atoms with Gasteiger partial charge in [0, 0.05) is 32.7 Å². The van der Waals surface area contributed by atoms with E-state index in [1.807, 2.05) is 60.7 Å². The second kappa shape index (κ2) is 11.5. The van der Waals surface area contributed by atoms with Crippen LogP contribution in [0.5, 0.6) is 0 Å². The van der Waals surface area contributed by atoms with Crippen molar-refractivity contribution in [2.75, 3.05) is 0 Å². The van der Waals surface area contributed by atoms with Gasteiger partial charge in [0.2, 0.25) is 0 Å². The van der Waals surface area contributed by atoms with Crippen molar-refractivity contribution >= 4 is 55.5 Å². The van der Waals surface area contributed by atoms with Gasteiger partial charge in [-0.15, -0.1) is 0 Å². The highest BCUT2D eigenvalue weighted by molar-refractivity contribution is 6.22. The van der Waals surface area contributed by atoms with E-state index >= 15 is 0 Å². The van der Waals surface area contributed by atoms with Gasteiger partial charge in [0.15, 0.2) is 5.84 Å². The van der Waals surface area contributed by atoms with E-state index in [9.17, 15) is 0 Å². The Kier molecular flexibility index (Phi) is 6.49. The van der Waals surface area contributed by atoms with Crippen molar-refractivity contribution in [1.29, 1.82) is 0 Å². The minimum atomic E-state index is -0.326. The third-order valence-corrected chi connectivity index (χ3v) is 9.57. The van der Waals surface area contributed by atoms with Gasteiger partial charge < -0.3 is 14.2 Å². The van der Waals surface area contributed by atoms with Crippen LogP contribution in [0.25, 0.3) is 66.1 Å². The number of fused-ring (bicyclic) bond motifs is 6. The topological polar surface area (TPSA) is 63.0 Å². The molecule has 1 N–H and O–H groups in total. The number of hydrogen-bond acceptors (Lipinski definition) is 5. The van der Waals surface area contributed by atoms with Gasteiger partial charge in [0.1, 0.15) is 34.3 Å². The van der Waals surface area contributed by atoms with E-state index in [2.05, 4.69) is 108 Å². The van der Waals surface area contributed by atoms with Gasteiger partial charge in [-0.2, -0.15) is 0 Å². The summed E-state index contributed by atoms with van der Waals surface area (Å²) >= 11 is 0. The summed E-state index contributed by atoms with van der Waals surface area (Å²) in [6.45, 7) is 0. The molecule has 1 atom stereocenters. The number of nitrogens with zero attached hydrogens (tertiary/aromatic N) is 2. The average molecular weight is 644 g/mol. The van der Waals surface area contributed by atoms with E-state index < -0.39 is 0 Å². The minimum absolute atomic E-state index is 0.326. The van der Waals surface area contributed by atoms with Gasteiger partial charge in [0.05, 0.1) is 0 Å². The maximum absolute atomic E-state index is 6.56. The van der Waals surface area contributed by atoms with Crippen LogP contribution < -0.4 is 5.32 Å². The van der Waals surface area contributed by atoms with Crippen LogP contribution in [0.1, 0.15) is 22.9 Å². The smallest absolute Gasteiger partial charge is 0.160 e. The number of amidine groups is 2. The second-order valence-electron chi connectivity index (χ2n) is 12.6. The zero-order valence-electron chi connectivity index (χ0n) is 26.9. The summed E-state index contributed by atoms with van der Waals surface area (Å²) < 4.78 is 12.7. The highest BCUT2D eigenvalue weighted by atomic mass is 16.3. The van der Waals surface area contributed by atoms with E-state index in [0.29, 0.717) is 5.84 Å². The first kappa shape index (κ1) is 28.3. The molecule has 0 bridgehead atoms. The Morgan fingerprint density at radius 3 is 1.80 bits per heavy atom. The normalized spacial score (nSPS) is 14.6. The van der Waals surface area contributed by atoms with Gasteiger partial charge in [0.25, 0.3) is 0 Å². The van der Waals surface area contributed by atoms with E-state index in [1.54, 1.807) is 0 Å². The van der Waals surface area contributed by atoms with E-state index in [0.717, 1.165) is 83.1 Å². The molecule has 3 heterocycles. The maximum atomic E-state index is 6.56. The molecular weight excluding hydrogens is 615 g/mol. The first-order valence-electron chi connectivity index (χ1n) is 16.8. The summed E-state index contributed by atoms with van der Waals surface area (Å²) in [5.41, 5.74) is 10.9. The molecule has 7 aromatic carbocycles. The first-order valence-corrected chi connectivity index (χ1v) is 16.8. The van der Waals surface area contributed by atoms with E-state index in [1.165, 1.54) is 5.56 Å². The fourth-order valence-corrected chi connectivity index (χ4v) is 7.17. The number of furan rings is 2. The lowest BCUT2D eigenvalue weighted by Gasteiger charge is -2.24. The van der Waals surface area contributed by atoms with Crippen molar-refractivity contribution in [2.45, 2.75) is 6.17 Å². The second-order valence-corrected chi connectivity index (χ2v) is 12.6. The van der Waals surface area contributed by atoms with Crippen LogP contribution in [0.2, 0.25) is 0 Å². The molecule has 0 saturated heterocycles. The number of para-hydroxylation sites is 1. The summed E-state index contributed by atoms with van der Waals surface area (Å²) in [6, 6.07) is 56.3. The molecule has 0 spiro atoms. The molecule has 5 heteroatoms. The fourth-order valence-electron chi connectivity index (χ4n) is 7.17. The van der Waals surface area contributed by atoms with Crippen LogP contribution >= 0.6 is 0 Å². The maximum Gasteiger partial charge on any atom is 0.160 e. The molecule has 236 valence electrons. The number of rotatable bonds is 5. The fraction of sp³-hybridized carbons (Fsp3) is 0.0222. The van der Waals surface area contributed by atoms with Crippen molar-refractivity contribution in [1.82, 2.24) is 5.32 Å². The molecular formula is C45H29N3O2. The summed E-state index contributed by atoms with van der Waals surface area (Å²) in [5, 5.41) is 7.83. The predicted octanol–water partition coefficient (Wildman–Crippen LogP) is 11.3. The molecule has 0 amide bonds. The Morgan fingerprint density at radius 1 is 0.440 bits per heavy atom. The van der Waals surface area contributed by atoms with Crippen molar-refractivity contribution in [3.05, 3.63) is 180 Å². The molecule has 0 saturated carbocycles. The predicted molar refractivity (Wildman–Crippen MR) is 204 cm³/mol. The number of benzene rings is 7. The lowest BCUT2D eigenvalue weighted by atomic mass is 9.97. The van der Waals surface area contributed by atoms with E-state index in [-0.39, 0.29) is 6.17 Å². The van der Waals surface area contributed by atoms with Crippen molar-refractivity contribution in [3.8, 4) is 22.3 Å². The SMILES string of the molecule is c1ccc(C2=NC(c3cccc4oc5cc(-c6cccc7oc8ccccc8c67)ccc5c34)=NC(c3ccc(-c4ccccc4)cc3)N2)cc1. The molecule has 0 aliphatic carbocycles. The quantitative estimate of drug-likeness (QED) is 0.203. The van der Waals surface area contributed by atoms with Crippen LogP contribution in [0.15, 0.2) is 183 Å². The van der Waals surface area contributed by atoms with Crippen LogP contribution in [0, 0.1) is 0 Å². The lowest BCUT2D eigenvalue weighted by molar-refractivity contribution is 0.668. The zero-order chi connectivity index (χ0) is 33.0. The minimum Gasteiger partial charge on any atom is -0.456 e.